The van der Waals surface area contributed by atoms with Crippen molar-refractivity contribution >= 4 is 39.7 Å². The summed E-state index contributed by atoms with van der Waals surface area (Å²) in [7, 11) is 0. The molecule has 4 N–H and O–H groups in total. The van der Waals surface area contributed by atoms with E-state index in [-0.39, 0.29) is 24.2 Å². The monoisotopic (exact) mass is 425 g/mol. The van der Waals surface area contributed by atoms with Crippen molar-refractivity contribution in [3.05, 3.63) is 46.3 Å². The van der Waals surface area contributed by atoms with Crippen LogP contribution in [-0.2, 0) is 16.0 Å². The molecule has 0 bridgehead atoms. The molecule has 7 heteroatoms. The van der Waals surface area contributed by atoms with Crippen LogP contribution in [0, 0.1) is 5.92 Å². The molecule has 0 aliphatic heterocycles. The zero-order valence-corrected chi connectivity index (χ0v) is 17.7. The Morgan fingerprint density at radius 3 is 2.30 bits per heavy atom. The molecule has 2 aliphatic rings. The second-order valence-electron chi connectivity index (χ2n) is 8.28. The average molecular weight is 426 g/mol. The van der Waals surface area contributed by atoms with Crippen LogP contribution in [0.15, 0.2) is 29.6 Å². The number of carbonyl (C=O) groups is 3. The van der Waals surface area contributed by atoms with E-state index in [0.29, 0.717) is 16.5 Å². The van der Waals surface area contributed by atoms with E-state index < -0.39 is 5.91 Å². The lowest BCUT2D eigenvalue weighted by atomic mass is 9.83. The highest BCUT2D eigenvalue weighted by molar-refractivity contribution is 7.15. The molecule has 0 atom stereocenters. The molecule has 4 rings (SSSR count). The first kappa shape index (κ1) is 20.6. The Kier molecular flexibility index (Phi) is 6.18. The third-order valence-corrected chi connectivity index (χ3v) is 6.81. The van der Waals surface area contributed by atoms with E-state index in [1.165, 1.54) is 17.8 Å². The number of carbonyl (C=O) groups excluding carboxylic acids is 3. The third-order valence-electron chi connectivity index (χ3n) is 5.90. The van der Waals surface area contributed by atoms with Crippen molar-refractivity contribution in [3.63, 3.8) is 0 Å². The van der Waals surface area contributed by atoms with Gasteiger partial charge in [0, 0.05) is 11.6 Å². The van der Waals surface area contributed by atoms with Gasteiger partial charge in [-0.3, -0.25) is 14.4 Å². The first-order chi connectivity index (χ1) is 14.5. The number of amides is 3. The maximum Gasteiger partial charge on any atom is 0.251 e. The summed E-state index contributed by atoms with van der Waals surface area (Å²) in [5.41, 5.74) is 8.69. The summed E-state index contributed by atoms with van der Waals surface area (Å²) in [5, 5.41) is 8.29. The Morgan fingerprint density at radius 2 is 1.67 bits per heavy atom. The van der Waals surface area contributed by atoms with Crippen molar-refractivity contribution in [1.82, 2.24) is 0 Å². The van der Waals surface area contributed by atoms with Crippen molar-refractivity contribution in [2.24, 2.45) is 11.7 Å². The van der Waals surface area contributed by atoms with Crippen LogP contribution in [0.2, 0.25) is 0 Å². The van der Waals surface area contributed by atoms with Crippen molar-refractivity contribution < 1.29 is 14.4 Å². The number of anilines is 2. The molecule has 158 valence electrons. The van der Waals surface area contributed by atoms with Gasteiger partial charge in [-0.25, -0.2) is 0 Å². The van der Waals surface area contributed by atoms with Crippen LogP contribution in [-0.4, -0.2) is 17.7 Å². The molecule has 0 spiro atoms. The normalized spacial score (nSPS) is 16.8. The minimum atomic E-state index is -0.483. The molecule has 1 heterocycles. The van der Waals surface area contributed by atoms with Crippen molar-refractivity contribution in [3.8, 4) is 0 Å². The van der Waals surface area contributed by atoms with Crippen LogP contribution in [0.25, 0.3) is 0 Å². The fourth-order valence-corrected chi connectivity index (χ4v) is 5.15. The first-order valence-corrected chi connectivity index (χ1v) is 11.5. The van der Waals surface area contributed by atoms with E-state index in [4.69, 9.17) is 5.73 Å². The lowest BCUT2D eigenvalue weighted by Crippen LogP contribution is -2.20. The lowest BCUT2D eigenvalue weighted by molar-refractivity contribution is -0.117. The summed E-state index contributed by atoms with van der Waals surface area (Å²) in [6.45, 7) is 0. The second-order valence-corrected chi connectivity index (χ2v) is 9.16. The summed E-state index contributed by atoms with van der Waals surface area (Å²) in [6, 6.07) is 7.28. The summed E-state index contributed by atoms with van der Waals surface area (Å²) in [4.78, 5) is 36.5. The van der Waals surface area contributed by atoms with Gasteiger partial charge in [0.1, 0.15) is 5.00 Å². The highest BCUT2D eigenvalue weighted by atomic mass is 32.1. The van der Waals surface area contributed by atoms with Crippen LogP contribution in [0.4, 0.5) is 10.7 Å². The number of hydrogen-bond acceptors (Lipinski definition) is 4. The minimum absolute atomic E-state index is 0.0611. The largest absolute Gasteiger partial charge is 0.365 e. The molecule has 0 saturated heterocycles. The summed E-state index contributed by atoms with van der Waals surface area (Å²) in [6.07, 6.45) is 7.80. The SMILES string of the molecule is NC(=O)c1c(C2CCCCC2)csc1NC(=O)Cc1ccc(NC(=O)C2CC2)cc1. The standard InChI is InChI=1S/C23H27N3O3S/c24-21(28)20-18(15-4-2-1-3-5-15)13-30-23(20)26-19(27)12-14-6-10-17(11-7-14)25-22(29)16-8-9-16/h6-7,10-11,13,15-16H,1-5,8-9,12H2,(H2,24,28)(H,25,29)(H,26,27). The fourth-order valence-electron chi connectivity index (χ4n) is 4.08. The number of nitrogens with two attached hydrogens (primary N) is 1. The first-order valence-electron chi connectivity index (χ1n) is 10.6. The Balaban J connectivity index is 1.39. The molecule has 2 aromatic rings. The van der Waals surface area contributed by atoms with Gasteiger partial charge in [-0.05, 0) is 60.2 Å². The van der Waals surface area contributed by atoms with Gasteiger partial charge in [-0.2, -0.15) is 0 Å². The van der Waals surface area contributed by atoms with Gasteiger partial charge >= 0.3 is 0 Å². The van der Waals surface area contributed by atoms with Gasteiger partial charge in [-0.15, -0.1) is 11.3 Å². The van der Waals surface area contributed by atoms with E-state index in [1.54, 1.807) is 0 Å². The van der Waals surface area contributed by atoms with E-state index in [0.717, 1.165) is 55.3 Å². The van der Waals surface area contributed by atoms with E-state index in [9.17, 15) is 14.4 Å². The van der Waals surface area contributed by atoms with Gasteiger partial charge in [0.15, 0.2) is 0 Å². The average Bonchev–Trinajstić information content (AvgIpc) is 3.50. The predicted molar refractivity (Wildman–Crippen MR) is 119 cm³/mol. The Hall–Kier alpha value is -2.67. The van der Waals surface area contributed by atoms with E-state index in [2.05, 4.69) is 10.6 Å². The fraction of sp³-hybridized carbons (Fsp3) is 0.435. The van der Waals surface area contributed by atoms with Crippen LogP contribution >= 0.6 is 11.3 Å². The molecule has 3 amide bonds. The topological polar surface area (TPSA) is 101 Å². The molecule has 2 fully saturated rings. The molecular formula is C23H27N3O3S. The molecular weight excluding hydrogens is 398 g/mol. The highest BCUT2D eigenvalue weighted by Gasteiger charge is 2.29. The Labute approximate surface area is 180 Å². The van der Waals surface area contributed by atoms with Crippen molar-refractivity contribution in [2.45, 2.75) is 57.3 Å². The van der Waals surface area contributed by atoms with Crippen LogP contribution in [0.5, 0.6) is 0 Å². The number of primary amides is 1. The Morgan fingerprint density at radius 1 is 0.967 bits per heavy atom. The maximum atomic E-state index is 12.6. The highest BCUT2D eigenvalue weighted by Crippen LogP contribution is 2.40. The second kappa shape index (κ2) is 9.00. The van der Waals surface area contributed by atoms with Crippen molar-refractivity contribution in [1.29, 1.82) is 0 Å². The maximum absolute atomic E-state index is 12.6. The van der Waals surface area contributed by atoms with Gasteiger partial charge in [-0.1, -0.05) is 31.4 Å². The van der Waals surface area contributed by atoms with E-state index in [1.807, 2.05) is 29.6 Å². The summed E-state index contributed by atoms with van der Waals surface area (Å²) < 4.78 is 0. The number of rotatable bonds is 7. The Bertz CT molecular complexity index is 941. The molecule has 0 radical (unpaired) electrons. The van der Waals surface area contributed by atoms with Crippen LogP contribution < -0.4 is 16.4 Å². The molecule has 1 aromatic heterocycles. The zero-order chi connectivity index (χ0) is 21.1. The number of hydrogen-bond donors (Lipinski definition) is 3. The minimum Gasteiger partial charge on any atom is -0.365 e. The van der Waals surface area contributed by atoms with Gasteiger partial charge < -0.3 is 16.4 Å². The van der Waals surface area contributed by atoms with E-state index >= 15 is 0 Å². The number of thiophene rings is 1. The van der Waals surface area contributed by atoms with Gasteiger partial charge in [0.2, 0.25) is 11.8 Å². The van der Waals surface area contributed by atoms with Crippen molar-refractivity contribution in [2.75, 3.05) is 10.6 Å². The molecule has 0 unspecified atom stereocenters. The van der Waals surface area contributed by atoms with Crippen LogP contribution in [0.3, 0.4) is 0 Å². The predicted octanol–water partition coefficient (Wildman–Crippen LogP) is 4.42. The van der Waals surface area contributed by atoms with Crippen LogP contribution in [0.1, 0.15) is 72.3 Å². The quantitative estimate of drug-likeness (QED) is 0.612. The van der Waals surface area contributed by atoms with Gasteiger partial charge in [0.25, 0.3) is 5.91 Å². The molecule has 1 aromatic carbocycles. The smallest absolute Gasteiger partial charge is 0.251 e. The summed E-state index contributed by atoms with van der Waals surface area (Å²) in [5.74, 6) is -0.112. The third kappa shape index (κ3) is 4.90. The van der Waals surface area contributed by atoms with Gasteiger partial charge in [0.05, 0.1) is 12.0 Å². The zero-order valence-electron chi connectivity index (χ0n) is 16.9. The lowest BCUT2D eigenvalue weighted by Gasteiger charge is -2.21. The molecule has 2 saturated carbocycles. The molecule has 30 heavy (non-hydrogen) atoms. The molecule has 2 aliphatic carbocycles. The molecule has 6 nitrogen and oxygen atoms in total. The number of benzene rings is 1. The summed E-state index contributed by atoms with van der Waals surface area (Å²) >= 11 is 1.37. The number of nitrogens with one attached hydrogen (secondary N) is 2.